The molecule has 1 aliphatic rings. The highest BCUT2D eigenvalue weighted by Crippen LogP contribution is 2.42. The van der Waals surface area contributed by atoms with E-state index in [1.165, 1.54) is 0 Å². The second-order valence-corrected chi connectivity index (χ2v) is 6.42. The minimum Gasteiger partial charge on any atom is -0.491 e. The predicted octanol–water partition coefficient (Wildman–Crippen LogP) is 3.93. The third-order valence-electron chi connectivity index (χ3n) is 4.05. The van der Waals surface area contributed by atoms with Gasteiger partial charge in [-0.05, 0) is 77.1 Å². The fourth-order valence-electron chi connectivity index (χ4n) is 2.67. The standard InChI is InChI=1S/C18H27NO3/c1-6-21-18(5,14-7-8-14)17(20)19-15-9-10-16(13(4)11-15)22-12(2)3/h9-12,14H,6-8H2,1-5H3,(H,19,20)/t18-/m0/s1. The van der Waals surface area contributed by atoms with E-state index in [0.29, 0.717) is 12.5 Å². The maximum Gasteiger partial charge on any atom is 0.256 e. The Bertz CT molecular complexity index is 537. The van der Waals surface area contributed by atoms with Gasteiger partial charge in [0, 0.05) is 12.3 Å². The van der Waals surface area contributed by atoms with Crippen molar-refractivity contribution in [3.63, 3.8) is 0 Å². The molecular formula is C18H27NO3. The number of aryl methyl sites for hydroxylation is 1. The van der Waals surface area contributed by atoms with Crippen LogP contribution in [0.3, 0.4) is 0 Å². The summed E-state index contributed by atoms with van der Waals surface area (Å²) in [5.41, 5.74) is 1.07. The summed E-state index contributed by atoms with van der Waals surface area (Å²) in [6.07, 6.45) is 2.25. The van der Waals surface area contributed by atoms with Gasteiger partial charge in [-0.25, -0.2) is 0 Å². The van der Waals surface area contributed by atoms with E-state index < -0.39 is 5.60 Å². The Labute approximate surface area is 133 Å². The molecule has 22 heavy (non-hydrogen) atoms. The summed E-state index contributed by atoms with van der Waals surface area (Å²) in [6, 6.07) is 5.72. The molecule has 0 bridgehead atoms. The van der Waals surface area contributed by atoms with Crippen LogP contribution in [-0.2, 0) is 9.53 Å². The van der Waals surface area contributed by atoms with E-state index in [2.05, 4.69) is 5.32 Å². The van der Waals surface area contributed by atoms with Gasteiger partial charge < -0.3 is 14.8 Å². The predicted molar refractivity (Wildman–Crippen MR) is 88.3 cm³/mol. The molecule has 0 unspecified atom stereocenters. The summed E-state index contributed by atoms with van der Waals surface area (Å²) in [5, 5.41) is 2.99. The van der Waals surface area contributed by atoms with Crippen LogP contribution in [0.2, 0.25) is 0 Å². The number of hydrogen-bond acceptors (Lipinski definition) is 3. The lowest BCUT2D eigenvalue weighted by Gasteiger charge is -2.28. The van der Waals surface area contributed by atoms with Crippen molar-refractivity contribution in [2.75, 3.05) is 11.9 Å². The Balaban J connectivity index is 2.09. The van der Waals surface area contributed by atoms with Crippen LogP contribution in [0.4, 0.5) is 5.69 Å². The summed E-state index contributed by atoms with van der Waals surface area (Å²) >= 11 is 0. The number of ether oxygens (including phenoxy) is 2. The molecule has 1 atom stereocenters. The van der Waals surface area contributed by atoms with Gasteiger partial charge in [0.2, 0.25) is 0 Å². The van der Waals surface area contributed by atoms with Gasteiger partial charge in [-0.2, -0.15) is 0 Å². The minimum atomic E-state index is -0.726. The molecule has 122 valence electrons. The van der Waals surface area contributed by atoms with Crippen LogP contribution in [0, 0.1) is 12.8 Å². The van der Waals surface area contributed by atoms with E-state index in [0.717, 1.165) is 29.8 Å². The smallest absolute Gasteiger partial charge is 0.256 e. The SMILES string of the molecule is CCO[C@](C)(C(=O)Nc1ccc(OC(C)C)c(C)c1)C1CC1. The first kappa shape index (κ1) is 16.8. The summed E-state index contributed by atoms with van der Waals surface area (Å²) in [7, 11) is 0. The zero-order chi connectivity index (χ0) is 16.3. The molecule has 0 saturated heterocycles. The number of amides is 1. The highest BCUT2D eigenvalue weighted by atomic mass is 16.5. The van der Waals surface area contributed by atoms with E-state index in [4.69, 9.17) is 9.47 Å². The van der Waals surface area contributed by atoms with E-state index in [1.807, 2.05) is 52.8 Å². The molecule has 0 heterocycles. The lowest BCUT2D eigenvalue weighted by atomic mass is 9.98. The summed E-state index contributed by atoms with van der Waals surface area (Å²) in [5.74, 6) is 1.12. The Morgan fingerprint density at radius 1 is 1.41 bits per heavy atom. The van der Waals surface area contributed by atoms with Crippen LogP contribution >= 0.6 is 0 Å². The largest absolute Gasteiger partial charge is 0.491 e. The van der Waals surface area contributed by atoms with Gasteiger partial charge in [-0.1, -0.05) is 0 Å². The maximum atomic E-state index is 12.6. The Morgan fingerprint density at radius 3 is 2.59 bits per heavy atom. The van der Waals surface area contributed by atoms with Crippen molar-refractivity contribution in [3.8, 4) is 5.75 Å². The molecule has 0 radical (unpaired) electrons. The van der Waals surface area contributed by atoms with Crippen LogP contribution in [-0.4, -0.2) is 24.2 Å². The summed E-state index contributed by atoms with van der Waals surface area (Å²) in [6.45, 7) is 10.3. The Hall–Kier alpha value is -1.55. The highest BCUT2D eigenvalue weighted by molar-refractivity contribution is 5.97. The van der Waals surface area contributed by atoms with Crippen LogP contribution in [0.25, 0.3) is 0 Å². The number of rotatable bonds is 7. The van der Waals surface area contributed by atoms with Gasteiger partial charge in [0.15, 0.2) is 0 Å². The molecular weight excluding hydrogens is 278 g/mol. The average Bonchev–Trinajstić information content (AvgIpc) is 3.26. The minimum absolute atomic E-state index is 0.0613. The van der Waals surface area contributed by atoms with Crippen molar-refractivity contribution in [2.24, 2.45) is 5.92 Å². The van der Waals surface area contributed by atoms with Gasteiger partial charge >= 0.3 is 0 Å². The Kier molecular flexibility index (Phi) is 5.12. The van der Waals surface area contributed by atoms with Gasteiger partial charge in [0.1, 0.15) is 11.4 Å². The van der Waals surface area contributed by atoms with Crippen LogP contribution in [0.15, 0.2) is 18.2 Å². The first-order chi connectivity index (χ1) is 10.4. The van der Waals surface area contributed by atoms with Crippen molar-refractivity contribution in [3.05, 3.63) is 23.8 Å². The first-order valence-corrected chi connectivity index (χ1v) is 8.09. The molecule has 1 N–H and O–H groups in total. The van der Waals surface area contributed by atoms with Gasteiger partial charge in [-0.3, -0.25) is 4.79 Å². The van der Waals surface area contributed by atoms with Crippen LogP contribution in [0.1, 0.15) is 46.1 Å². The van der Waals surface area contributed by atoms with E-state index in [1.54, 1.807) is 0 Å². The van der Waals surface area contributed by atoms with Gasteiger partial charge in [0.05, 0.1) is 6.10 Å². The van der Waals surface area contributed by atoms with E-state index >= 15 is 0 Å². The molecule has 0 aromatic heterocycles. The maximum absolute atomic E-state index is 12.6. The molecule has 1 saturated carbocycles. The molecule has 4 nitrogen and oxygen atoms in total. The van der Waals surface area contributed by atoms with E-state index in [9.17, 15) is 4.79 Å². The zero-order valence-corrected chi connectivity index (χ0v) is 14.2. The third-order valence-corrected chi connectivity index (χ3v) is 4.05. The van der Waals surface area contributed by atoms with Gasteiger partial charge in [-0.15, -0.1) is 0 Å². The lowest BCUT2D eigenvalue weighted by Crippen LogP contribution is -2.44. The number of nitrogens with one attached hydrogen (secondary N) is 1. The molecule has 1 fully saturated rings. The zero-order valence-electron chi connectivity index (χ0n) is 14.2. The second-order valence-electron chi connectivity index (χ2n) is 6.42. The van der Waals surface area contributed by atoms with Gasteiger partial charge in [0.25, 0.3) is 5.91 Å². The molecule has 1 aliphatic carbocycles. The van der Waals surface area contributed by atoms with Crippen molar-refractivity contribution in [1.29, 1.82) is 0 Å². The molecule has 2 rings (SSSR count). The summed E-state index contributed by atoms with van der Waals surface area (Å²) < 4.78 is 11.5. The number of carbonyl (C=O) groups excluding carboxylic acids is 1. The number of anilines is 1. The van der Waals surface area contributed by atoms with Crippen molar-refractivity contribution in [2.45, 2.75) is 59.2 Å². The van der Waals surface area contributed by atoms with Crippen LogP contribution in [0.5, 0.6) is 5.75 Å². The fourth-order valence-corrected chi connectivity index (χ4v) is 2.67. The fraction of sp³-hybridized carbons (Fsp3) is 0.611. The highest BCUT2D eigenvalue weighted by Gasteiger charge is 2.48. The molecule has 0 spiro atoms. The third kappa shape index (κ3) is 3.80. The lowest BCUT2D eigenvalue weighted by molar-refractivity contribution is -0.141. The molecule has 1 aromatic carbocycles. The number of benzene rings is 1. The second kappa shape index (κ2) is 6.69. The average molecular weight is 305 g/mol. The van der Waals surface area contributed by atoms with Crippen molar-refractivity contribution in [1.82, 2.24) is 0 Å². The van der Waals surface area contributed by atoms with E-state index in [-0.39, 0.29) is 12.0 Å². The molecule has 1 amide bonds. The van der Waals surface area contributed by atoms with Crippen molar-refractivity contribution >= 4 is 11.6 Å². The molecule has 4 heteroatoms. The monoisotopic (exact) mass is 305 g/mol. The molecule has 1 aromatic rings. The molecule has 0 aliphatic heterocycles. The van der Waals surface area contributed by atoms with Crippen molar-refractivity contribution < 1.29 is 14.3 Å². The number of hydrogen-bond donors (Lipinski definition) is 1. The number of carbonyl (C=O) groups is 1. The first-order valence-electron chi connectivity index (χ1n) is 8.09. The normalized spacial score (nSPS) is 17.2. The summed E-state index contributed by atoms with van der Waals surface area (Å²) in [4.78, 5) is 12.6. The van der Waals surface area contributed by atoms with Crippen LogP contribution < -0.4 is 10.1 Å². The topological polar surface area (TPSA) is 47.6 Å². The quantitative estimate of drug-likeness (QED) is 0.830. The Morgan fingerprint density at radius 2 is 2.09 bits per heavy atom.